The third kappa shape index (κ3) is 10.7. The Balaban J connectivity index is 0. The van der Waals surface area contributed by atoms with Crippen LogP contribution in [0.1, 0.15) is 41.5 Å². The van der Waals surface area contributed by atoms with Crippen LogP contribution >= 0.6 is 0 Å². The van der Waals surface area contributed by atoms with Crippen LogP contribution in [0.2, 0.25) is 0 Å². The van der Waals surface area contributed by atoms with Crippen molar-refractivity contribution in [2.24, 2.45) is 0 Å². The summed E-state index contributed by atoms with van der Waals surface area (Å²) in [4.78, 5) is 0. The van der Waals surface area contributed by atoms with Crippen LogP contribution in [-0.4, -0.2) is 24.8 Å². The molecule has 0 saturated heterocycles. The van der Waals surface area contributed by atoms with Gasteiger partial charge < -0.3 is 14.2 Å². The number of hydrogen-bond donors (Lipinski definition) is 0. The van der Waals surface area contributed by atoms with E-state index < -0.39 is 6.48 Å². The van der Waals surface area contributed by atoms with E-state index in [2.05, 4.69) is 0 Å². The van der Waals surface area contributed by atoms with Crippen molar-refractivity contribution in [1.82, 2.24) is 0 Å². The van der Waals surface area contributed by atoms with E-state index in [-0.39, 0.29) is 40.0 Å². The van der Waals surface area contributed by atoms with Crippen LogP contribution in [0.15, 0.2) is 0 Å². The minimum Gasteiger partial charge on any atom is -0.327 e. The van der Waals surface area contributed by atoms with Gasteiger partial charge in [-0.05, 0) is 41.5 Å². The van der Waals surface area contributed by atoms with Crippen LogP contribution in [0.3, 0.4) is 0 Å². The SMILES string of the molecule is CC(C)OC(OC(C)C)OC(C)C.[Ti]. The smallest absolute Gasteiger partial charge is 0.272 e. The molecule has 0 unspecified atom stereocenters. The molecule has 0 radical (unpaired) electrons. The van der Waals surface area contributed by atoms with Crippen molar-refractivity contribution in [2.75, 3.05) is 0 Å². The third-order valence-corrected chi connectivity index (χ3v) is 1.15. The second-order valence-corrected chi connectivity index (χ2v) is 3.84. The van der Waals surface area contributed by atoms with E-state index in [0.29, 0.717) is 0 Å². The maximum Gasteiger partial charge on any atom is 0.272 e. The summed E-state index contributed by atoms with van der Waals surface area (Å²) in [6.07, 6.45) is 0.340. The van der Waals surface area contributed by atoms with E-state index in [1.54, 1.807) is 0 Å². The summed E-state index contributed by atoms with van der Waals surface area (Å²) in [5, 5.41) is 0. The Morgan fingerprint density at radius 3 is 0.929 bits per heavy atom. The molecule has 0 saturated carbocycles. The van der Waals surface area contributed by atoms with Crippen LogP contribution in [-0.2, 0) is 35.9 Å². The molecule has 0 aliphatic carbocycles. The average Bonchev–Trinajstić information content (AvgIpc) is 1.80. The van der Waals surface area contributed by atoms with Crippen molar-refractivity contribution in [3.8, 4) is 0 Å². The zero-order chi connectivity index (χ0) is 10.4. The minimum absolute atomic E-state index is 0. The Labute approximate surface area is 102 Å². The third-order valence-electron chi connectivity index (χ3n) is 1.15. The Morgan fingerprint density at radius 2 is 0.786 bits per heavy atom. The minimum atomic E-state index is -0.542. The van der Waals surface area contributed by atoms with Gasteiger partial charge in [0, 0.05) is 21.7 Å². The Hall–Kier alpha value is 0.594. The van der Waals surface area contributed by atoms with Gasteiger partial charge in [-0.25, -0.2) is 0 Å². The molecule has 0 aliphatic rings. The molecule has 0 atom stereocenters. The zero-order valence-electron chi connectivity index (χ0n) is 10.0. The van der Waals surface area contributed by atoms with Gasteiger partial charge in [0.25, 0.3) is 6.48 Å². The van der Waals surface area contributed by atoms with Crippen LogP contribution in [0.25, 0.3) is 0 Å². The van der Waals surface area contributed by atoms with Crippen molar-refractivity contribution in [3.05, 3.63) is 0 Å². The van der Waals surface area contributed by atoms with E-state index in [4.69, 9.17) is 14.2 Å². The summed E-state index contributed by atoms with van der Waals surface area (Å²) in [6, 6.07) is 0. The van der Waals surface area contributed by atoms with Crippen LogP contribution in [0.5, 0.6) is 0 Å². The number of ether oxygens (including phenoxy) is 3. The topological polar surface area (TPSA) is 27.7 Å². The molecule has 0 aromatic carbocycles. The van der Waals surface area contributed by atoms with Gasteiger partial charge >= 0.3 is 0 Å². The van der Waals surface area contributed by atoms with Crippen molar-refractivity contribution in [3.63, 3.8) is 0 Å². The van der Waals surface area contributed by atoms with Crippen molar-refractivity contribution in [2.45, 2.75) is 66.3 Å². The molecule has 0 aromatic heterocycles. The molecule has 0 spiro atoms. The fourth-order valence-electron chi connectivity index (χ4n) is 0.763. The monoisotopic (exact) mass is 238 g/mol. The summed E-state index contributed by atoms with van der Waals surface area (Å²) >= 11 is 0. The summed E-state index contributed by atoms with van der Waals surface area (Å²) in [5.74, 6) is 0. The summed E-state index contributed by atoms with van der Waals surface area (Å²) in [7, 11) is 0. The first kappa shape index (κ1) is 17.0. The fourth-order valence-corrected chi connectivity index (χ4v) is 0.763. The fraction of sp³-hybridized carbons (Fsp3) is 1.00. The van der Waals surface area contributed by atoms with Gasteiger partial charge in [0.1, 0.15) is 0 Å². The first-order chi connectivity index (χ1) is 5.91. The van der Waals surface area contributed by atoms with E-state index in [1.807, 2.05) is 41.5 Å². The quantitative estimate of drug-likeness (QED) is 0.525. The Kier molecular flexibility index (Phi) is 10.8. The van der Waals surface area contributed by atoms with E-state index in [1.165, 1.54) is 0 Å². The summed E-state index contributed by atoms with van der Waals surface area (Å²) in [6.45, 7) is 11.2. The molecule has 0 heterocycles. The molecular weight excluding hydrogens is 216 g/mol. The van der Waals surface area contributed by atoms with Gasteiger partial charge in [-0.3, -0.25) is 0 Å². The Morgan fingerprint density at radius 1 is 0.571 bits per heavy atom. The normalized spacial score (nSPS) is 11.6. The largest absolute Gasteiger partial charge is 0.327 e. The standard InChI is InChI=1S/C10H22O3.Ti/c1-7(2)11-10(12-8(3)4)13-9(5)6;/h7-10H,1-6H3;. The van der Waals surface area contributed by atoms with Crippen LogP contribution in [0, 0.1) is 0 Å². The Bertz CT molecular complexity index is 103. The van der Waals surface area contributed by atoms with Gasteiger partial charge in [0.2, 0.25) is 0 Å². The molecular formula is C10H22O3Ti. The predicted molar refractivity (Wildman–Crippen MR) is 52.5 cm³/mol. The van der Waals surface area contributed by atoms with E-state index in [0.717, 1.165) is 0 Å². The molecule has 14 heavy (non-hydrogen) atoms. The molecule has 0 amide bonds. The van der Waals surface area contributed by atoms with Gasteiger partial charge in [-0.1, -0.05) is 0 Å². The van der Waals surface area contributed by atoms with Crippen molar-refractivity contribution in [1.29, 1.82) is 0 Å². The average molecular weight is 238 g/mol. The van der Waals surface area contributed by atoms with Gasteiger partial charge in [-0.2, -0.15) is 0 Å². The molecule has 0 rings (SSSR count). The van der Waals surface area contributed by atoms with Crippen LogP contribution < -0.4 is 0 Å². The maximum absolute atomic E-state index is 5.43. The maximum atomic E-state index is 5.43. The second kappa shape index (κ2) is 8.87. The molecule has 4 heteroatoms. The van der Waals surface area contributed by atoms with Gasteiger partial charge in [-0.15, -0.1) is 0 Å². The molecule has 0 bridgehead atoms. The molecule has 0 N–H and O–H groups in total. The van der Waals surface area contributed by atoms with Gasteiger partial charge in [0.05, 0.1) is 18.3 Å². The molecule has 3 nitrogen and oxygen atoms in total. The first-order valence-electron chi connectivity index (χ1n) is 4.88. The zero-order valence-corrected chi connectivity index (χ0v) is 11.6. The number of rotatable bonds is 6. The second-order valence-electron chi connectivity index (χ2n) is 3.84. The molecule has 0 fully saturated rings. The van der Waals surface area contributed by atoms with Crippen molar-refractivity contribution >= 4 is 0 Å². The summed E-state index contributed by atoms with van der Waals surface area (Å²) < 4.78 is 16.3. The van der Waals surface area contributed by atoms with Gasteiger partial charge in [0.15, 0.2) is 0 Å². The first-order valence-corrected chi connectivity index (χ1v) is 4.88. The van der Waals surface area contributed by atoms with E-state index in [9.17, 15) is 0 Å². The number of hydrogen-bond acceptors (Lipinski definition) is 3. The van der Waals surface area contributed by atoms with E-state index >= 15 is 0 Å². The molecule has 0 aliphatic heterocycles. The molecule has 84 valence electrons. The molecule has 0 aromatic rings. The van der Waals surface area contributed by atoms with Crippen LogP contribution in [0.4, 0.5) is 0 Å². The summed E-state index contributed by atoms with van der Waals surface area (Å²) in [5.41, 5.74) is 0. The predicted octanol–water partition coefficient (Wildman–Crippen LogP) is 2.54. The van der Waals surface area contributed by atoms with Crippen molar-refractivity contribution < 1.29 is 35.9 Å².